The second-order valence-electron chi connectivity index (χ2n) is 3.90. The highest BCUT2D eigenvalue weighted by Gasteiger charge is 2.23. The summed E-state index contributed by atoms with van der Waals surface area (Å²) in [6.07, 6.45) is 0. The number of hydrogen-bond acceptors (Lipinski definition) is 4. The monoisotopic (exact) mass is 235 g/mol. The fourth-order valence-electron chi connectivity index (χ4n) is 1.82. The number of rotatable bonds is 3. The third-order valence-electron chi connectivity index (χ3n) is 2.67. The summed E-state index contributed by atoms with van der Waals surface area (Å²) in [6, 6.07) is 5.36. The lowest BCUT2D eigenvalue weighted by molar-refractivity contribution is -0.118. The molecule has 1 heterocycles. The van der Waals surface area contributed by atoms with Crippen LogP contribution in [0.3, 0.4) is 0 Å². The number of nitrogens with zero attached hydrogens (tertiary/aromatic N) is 1. The fraction of sp³-hybridized carbons (Fsp3) is 0.417. The molecule has 0 aromatic heterocycles. The minimum atomic E-state index is 0.0566. The third kappa shape index (κ3) is 2.50. The first-order chi connectivity index (χ1) is 8.22. The van der Waals surface area contributed by atoms with Crippen LogP contribution in [0.2, 0.25) is 0 Å². The minimum absolute atomic E-state index is 0.0566. The van der Waals surface area contributed by atoms with Gasteiger partial charge in [0.1, 0.15) is 12.4 Å². The van der Waals surface area contributed by atoms with E-state index in [4.69, 9.17) is 10.5 Å². The van der Waals surface area contributed by atoms with Gasteiger partial charge in [0, 0.05) is 11.8 Å². The normalized spacial score (nSPS) is 14.1. The van der Waals surface area contributed by atoms with Gasteiger partial charge >= 0.3 is 0 Å². The maximum absolute atomic E-state index is 12.0. The first-order valence-electron chi connectivity index (χ1n) is 5.75. The molecule has 0 radical (unpaired) electrons. The van der Waals surface area contributed by atoms with Gasteiger partial charge in [-0.25, -0.2) is 0 Å². The predicted octanol–water partition coefficient (Wildman–Crippen LogP) is 0.604. The molecule has 0 saturated carbocycles. The molecule has 0 bridgehead atoms. The predicted molar refractivity (Wildman–Crippen MR) is 67.2 cm³/mol. The second kappa shape index (κ2) is 5.05. The van der Waals surface area contributed by atoms with Crippen molar-refractivity contribution in [3.05, 3.63) is 18.2 Å². The van der Waals surface area contributed by atoms with Crippen molar-refractivity contribution in [3.63, 3.8) is 0 Å². The summed E-state index contributed by atoms with van der Waals surface area (Å²) in [5.74, 6) is 0.738. The molecular formula is C12H17N3O2. The van der Waals surface area contributed by atoms with E-state index in [1.807, 2.05) is 13.0 Å². The number of nitrogen functional groups attached to an aromatic ring is 1. The third-order valence-corrected chi connectivity index (χ3v) is 2.67. The molecule has 1 aliphatic rings. The average molecular weight is 235 g/mol. The largest absolute Gasteiger partial charge is 0.489 e. The van der Waals surface area contributed by atoms with Gasteiger partial charge in [0.25, 0.3) is 0 Å². The number of hydrogen-bond donors (Lipinski definition) is 2. The molecule has 0 unspecified atom stereocenters. The first kappa shape index (κ1) is 11.7. The van der Waals surface area contributed by atoms with Crippen LogP contribution in [0.4, 0.5) is 11.4 Å². The van der Waals surface area contributed by atoms with E-state index in [9.17, 15) is 4.79 Å². The molecule has 0 fully saturated rings. The lowest BCUT2D eigenvalue weighted by Crippen LogP contribution is -2.42. The summed E-state index contributed by atoms with van der Waals surface area (Å²) in [5.41, 5.74) is 7.13. The molecule has 1 aliphatic heterocycles. The van der Waals surface area contributed by atoms with Crippen LogP contribution in [0, 0.1) is 0 Å². The highest BCUT2D eigenvalue weighted by Crippen LogP contribution is 2.33. The van der Waals surface area contributed by atoms with Crippen molar-refractivity contribution < 1.29 is 9.53 Å². The molecule has 1 aromatic rings. The number of fused-ring (bicyclic) bond motifs is 1. The van der Waals surface area contributed by atoms with Gasteiger partial charge < -0.3 is 20.7 Å². The Bertz CT molecular complexity index is 420. The number of benzene rings is 1. The van der Waals surface area contributed by atoms with Crippen LogP contribution in [0.25, 0.3) is 0 Å². The SMILES string of the molecule is CCNCC(=O)N1CCOc2cc(N)ccc21. The molecule has 3 N–H and O–H groups in total. The number of nitrogens with two attached hydrogens (primary N) is 1. The van der Waals surface area contributed by atoms with E-state index in [-0.39, 0.29) is 5.91 Å². The molecule has 0 spiro atoms. The summed E-state index contributed by atoms with van der Waals surface area (Å²) in [7, 11) is 0. The van der Waals surface area contributed by atoms with E-state index in [0.717, 1.165) is 12.2 Å². The van der Waals surface area contributed by atoms with E-state index in [2.05, 4.69) is 5.32 Å². The maximum atomic E-state index is 12.0. The molecule has 1 amide bonds. The Morgan fingerprint density at radius 1 is 1.59 bits per heavy atom. The van der Waals surface area contributed by atoms with Crippen molar-refractivity contribution in [1.82, 2.24) is 5.32 Å². The summed E-state index contributed by atoms with van der Waals surface area (Å²) in [4.78, 5) is 13.7. The molecule has 5 nitrogen and oxygen atoms in total. The topological polar surface area (TPSA) is 67.6 Å². The number of likely N-dealkylation sites (N-methyl/N-ethyl adjacent to an activating group) is 1. The number of ether oxygens (including phenoxy) is 1. The number of carbonyl (C=O) groups is 1. The standard InChI is InChI=1S/C12H17N3O2/c1-2-14-8-12(16)15-5-6-17-11-7-9(13)3-4-10(11)15/h3-4,7,14H,2,5-6,8,13H2,1H3. The average Bonchev–Trinajstić information content (AvgIpc) is 2.34. The second-order valence-corrected chi connectivity index (χ2v) is 3.90. The van der Waals surface area contributed by atoms with Crippen LogP contribution in [0.1, 0.15) is 6.92 Å². The van der Waals surface area contributed by atoms with Crippen molar-refractivity contribution in [1.29, 1.82) is 0 Å². The van der Waals surface area contributed by atoms with Crippen molar-refractivity contribution >= 4 is 17.3 Å². The molecule has 1 aromatic carbocycles. The molecule has 5 heteroatoms. The highest BCUT2D eigenvalue weighted by molar-refractivity contribution is 5.96. The van der Waals surface area contributed by atoms with Crippen LogP contribution in [-0.2, 0) is 4.79 Å². The van der Waals surface area contributed by atoms with Crippen molar-refractivity contribution in [2.45, 2.75) is 6.92 Å². The molecule has 17 heavy (non-hydrogen) atoms. The van der Waals surface area contributed by atoms with Gasteiger partial charge in [0.15, 0.2) is 0 Å². The number of anilines is 2. The highest BCUT2D eigenvalue weighted by atomic mass is 16.5. The van der Waals surface area contributed by atoms with E-state index in [0.29, 0.717) is 31.1 Å². The summed E-state index contributed by atoms with van der Waals surface area (Å²) in [5, 5.41) is 3.03. The summed E-state index contributed by atoms with van der Waals surface area (Å²) >= 11 is 0. The zero-order valence-corrected chi connectivity index (χ0v) is 9.90. The smallest absolute Gasteiger partial charge is 0.241 e. The molecule has 0 saturated heterocycles. The molecule has 0 aliphatic carbocycles. The first-order valence-corrected chi connectivity index (χ1v) is 5.75. The van der Waals surface area contributed by atoms with Crippen LogP contribution >= 0.6 is 0 Å². The number of nitrogens with one attached hydrogen (secondary N) is 1. The van der Waals surface area contributed by atoms with Crippen LogP contribution in [-0.4, -0.2) is 32.1 Å². The van der Waals surface area contributed by atoms with Crippen molar-refractivity contribution in [2.24, 2.45) is 0 Å². The van der Waals surface area contributed by atoms with Gasteiger partial charge in [-0.3, -0.25) is 4.79 Å². The zero-order chi connectivity index (χ0) is 12.3. The van der Waals surface area contributed by atoms with Crippen LogP contribution in [0.5, 0.6) is 5.75 Å². The zero-order valence-electron chi connectivity index (χ0n) is 9.90. The Morgan fingerprint density at radius 2 is 2.41 bits per heavy atom. The van der Waals surface area contributed by atoms with Gasteiger partial charge in [0.2, 0.25) is 5.91 Å². The van der Waals surface area contributed by atoms with Gasteiger partial charge in [-0.2, -0.15) is 0 Å². The Kier molecular flexibility index (Phi) is 3.49. The quantitative estimate of drug-likeness (QED) is 0.753. The Hall–Kier alpha value is -1.75. The maximum Gasteiger partial charge on any atom is 0.241 e. The lowest BCUT2D eigenvalue weighted by atomic mass is 10.2. The van der Waals surface area contributed by atoms with Crippen LogP contribution in [0.15, 0.2) is 18.2 Å². The molecular weight excluding hydrogens is 218 g/mol. The summed E-state index contributed by atoms with van der Waals surface area (Å²) in [6.45, 7) is 4.20. The summed E-state index contributed by atoms with van der Waals surface area (Å²) < 4.78 is 5.49. The van der Waals surface area contributed by atoms with Gasteiger partial charge in [-0.05, 0) is 18.7 Å². The van der Waals surface area contributed by atoms with E-state index < -0.39 is 0 Å². The van der Waals surface area contributed by atoms with Gasteiger partial charge in [0.05, 0.1) is 18.8 Å². The fourth-order valence-corrected chi connectivity index (χ4v) is 1.82. The number of carbonyl (C=O) groups excluding carboxylic acids is 1. The van der Waals surface area contributed by atoms with Gasteiger partial charge in [-0.1, -0.05) is 6.92 Å². The van der Waals surface area contributed by atoms with Crippen molar-refractivity contribution in [2.75, 3.05) is 36.9 Å². The number of amides is 1. The Labute approximate surface area is 101 Å². The molecule has 2 rings (SSSR count). The Morgan fingerprint density at radius 3 is 3.18 bits per heavy atom. The van der Waals surface area contributed by atoms with Gasteiger partial charge in [-0.15, -0.1) is 0 Å². The van der Waals surface area contributed by atoms with Crippen LogP contribution < -0.4 is 20.7 Å². The van der Waals surface area contributed by atoms with E-state index >= 15 is 0 Å². The molecule has 0 atom stereocenters. The van der Waals surface area contributed by atoms with Crippen molar-refractivity contribution in [3.8, 4) is 5.75 Å². The minimum Gasteiger partial charge on any atom is -0.489 e. The molecule has 92 valence electrons. The lowest BCUT2D eigenvalue weighted by Gasteiger charge is -2.29. The van der Waals surface area contributed by atoms with E-state index in [1.54, 1.807) is 17.0 Å². The van der Waals surface area contributed by atoms with E-state index in [1.165, 1.54) is 0 Å². The Balaban J connectivity index is 2.19.